The van der Waals surface area contributed by atoms with Crippen LogP contribution in [0.1, 0.15) is 4.88 Å². The van der Waals surface area contributed by atoms with Crippen LogP contribution in [-0.4, -0.2) is 4.98 Å². The standard InChI is InChI=1S/C8H3BrN2S2/c9-5-1-6(12-3-5)8-7(2-10)13-4-11-8/h1,3-4H. The fourth-order valence-corrected chi connectivity index (χ4v) is 3.02. The predicted molar refractivity (Wildman–Crippen MR) is 57.8 cm³/mol. The second-order valence-electron chi connectivity index (χ2n) is 2.27. The number of halogens is 1. The lowest BCUT2D eigenvalue weighted by Gasteiger charge is -1.88. The molecule has 2 nitrogen and oxygen atoms in total. The molecular formula is C8H3BrN2S2. The van der Waals surface area contributed by atoms with Gasteiger partial charge in [-0.15, -0.1) is 22.7 Å². The molecule has 0 N–H and O–H groups in total. The molecule has 0 aliphatic rings. The summed E-state index contributed by atoms with van der Waals surface area (Å²) >= 11 is 6.32. The van der Waals surface area contributed by atoms with E-state index in [0.717, 1.165) is 15.0 Å². The molecule has 2 aromatic heterocycles. The average Bonchev–Trinajstić information content (AvgIpc) is 2.71. The van der Waals surface area contributed by atoms with Gasteiger partial charge in [0.2, 0.25) is 0 Å². The fraction of sp³-hybridized carbons (Fsp3) is 0. The molecule has 64 valence electrons. The quantitative estimate of drug-likeness (QED) is 0.795. The topological polar surface area (TPSA) is 36.7 Å². The van der Waals surface area contributed by atoms with Crippen LogP contribution in [0.15, 0.2) is 21.4 Å². The molecule has 5 heteroatoms. The Labute approximate surface area is 91.6 Å². The Balaban J connectivity index is 2.53. The lowest BCUT2D eigenvalue weighted by Crippen LogP contribution is -1.74. The van der Waals surface area contributed by atoms with Crippen LogP contribution < -0.4 is 0 Å². The highest BCUT2D eigenvalue weighted by Gasteiger charge is 2.09. The first-order valence-corrected chi connectivity index (χ1v) is 5.94. The Kier molecular flexibility index (Phi) is 2.44. The van der Waals surface area contributed by atoms with Gasteiger partial charge in [-0.3, -0.25) is 0 Å². The van der Waals surface area contributed by atoms with E-state index in [1.165, 1.54) is 11.3 Å². The first-order chi connectivity index (χ1) is 6.31. The second kappa shape index (κ2) is 3.58. The molecular weight excluding hydrogens is 268 g/mol. The molecule has 0 fully saturated rings. The third kappa shape index (κ3) is 1.66. The monoisotopic (exact) mass is 270 g/mol. The van der Waals surface area contributed by atoms with Gasteiger partial charge < -0.3 is 0 Å². The second-order valence-corrected chi connectivity index (χ2v) is 4.95. The number of nitrogens with zero attached hydrogens (tertiary/aromatic N) is 2. The number of hydrogen-bond donors (Lipinski definition) is 0. The van der Waals surface area contributed by atoms with Gasteiger partial charge in [-0.2, -0.15) is 5.26 Å². The van der Waals surface area contributed by atoms with E-state index >= 15 is 0 Å². The number of aromatic nitrogens is 1. The van der Waals surface area contributed by atoms with Gasteiger partial charge in [0.15, 0.2) is 0 Å². The molecule has 2 heterocycles. The van der Waals surface area contributed by atoms with E-state index in [4.69, 9.17) is 5.26 Å². The van der Waals surface area contributed by atoms with Crippen molar-refractivity contribution in [3.63, 3.8) is 0 Å². The molecule has 0 saturated heterocycles. The van der Waals surface area contributed by atoms with E-state index in [1.54, 1.807) is 16.8 Å². The smallest absolute Gasteiger partial charge is 0.133 e. The van der Waals surface area contributed by atoms with Crippen LogP contribution in [0.4, 0.5) is 0 Å². The van der Waals surface area contributed by atoms with Crippen molar-refractivity contribution in [2.75, 3.05) is 0 Å². The van der Waals surface area contributed by atoms with E-state index in [0.29, 0.717) is 4.88 Å². The van der Waals surface area contributed by atoms with Crippen LogP contribution in [0, 0.1) is 11.3 Å². The van der Waals surface area contributed by atoms with E-state index in [2.05, 4.69) is 27.0 Å². The van der Waals surface area contributed by atoms with Crippen molar-refractivity contribution < 1.29 is 0 Å². The average molecular weight is 271 g/mol. The summed E-state index contributed by atoms with van der Waals surface area (Å²) in [6, 6.07) is 4.10. The van der Waals surface area contributed by atoms with Gasteiger partial charge >= 0.3 is 0 Å². The Hall–Kier alpha value is -0.700. The van der Waals surface area contributed by atoms with Crippen LogP contribution in [0.5, 0.6) is 0 Å². The van der Waals surface area contributed by atoms with Crippen LogP contribution in [0.25, 0.3) is 10.6 Å². The third-order valence-electron chi connectivity index (χ3n) is 1.47. The molecule has 0 bridgehead atoms. The number of thiophene rings is 1. The summed E-state index contributed by atoms with van der Waals surface area (Å²) in [4.78, 5) is 5.86. The summed E-state index contributed by atoms with van der Waals surface area (Å²) in [5, 5.41) is 10.8. The fourth-order valence-electron chi connectivity index (χ4n) is 0.938. The third-order valence-corrected chi connectivity index (χ3v) is 3.90. The van der Waals surface area contributed by atoms with Crippen LogP contribution in [0.2, 0.25) is 0 Å². The largest absolute Gasteiger partial charge is 0.242 e. The molecule has 0 radical (unpaired) electrons. The Bertz CT molecular complexity index is 466. The van der Waals surface area contributed by atoms with Crippen molar-refractivity contribution in [1.82, 2.24) is 4.98 Å². The Morgan fingerprint density at radius 1 is 1.46 bits per heavy atom. The number of thiazole rings is 1. The minimum atomic E-state index is 0.675. The zero-order valence-electron chi connectivity index (χ0n) is 6.32. The Morgan fingerprint density at radius 3 is 2.92 bits per heavy atom. The summed E-state index contributed by atoms with van der Waals surface area (Å²) in [5.74, 6) is 0. The molecule has 13 heavy (non-hydrogen) atoms. The summed E-state index contributed by atoms with van der Waals surface area (Å²) in [6.45, 7) is 0. The SMILES string of the molecule is N#Cc1scnc1-c1cc(Br)cs1. The normalized spacial score (nSPS) is 9.85. The minimum absolute atomic E-state index is 0.675. The highest BCUT2D eigenvalue weighted by atomic mass is 79.9. The van der Waals surface area contributed by atoms with Crippen LogP contribution in [0.3, 0.4) is 0 Å². The zero-order valence-corrected chi connectivity index (χ0v) is 9.54. The predicted octanol–water partition coefficient (Wildman–Crippen LogP) is 3.51. The van der Waals surface area contributed by atoms with E-state index < -0.39 is 0 Å². The number of hydrogen-bond acceptors (Lipinski definition) is 4. The van der Waals surface area contributed by atoms with Gasteiger partial charge in [0.1, 0.15) is 16.6 Å². The summed E-state index contributed by atoms with van der Waals surface area (Å²) < 4.78 is 1.03. The Morgan fingerprint density at radius 2 is 2.31 bits per heavy atom. The molecule has 0 aromatic carbocycles. The van der Waals surface area contributed by atoms with Crippen molar-refractivity contribution in [2.45, 2.75) is 0 Å². The van der Waals surface area contributed by atoms with Crippen molar-refractivity contribution in [2.24, 2.45) is 0 Å². The van der Waals surface area contributed by atoms with E-state index in [9.17, 15) is 0 Å². The molecule has 0 saturated carbocycles. The number of nitriles is 1. The summed E-state index contributed by atoms with van der Waals surface area (Å²) in [5.41, 5.74) is 2.49. The number of rotatable bonds is 1. The first kappa shape index (κ1) is 8.88. The first-order valence-electron chi connectivity index (χ1n) is 3.39. The van der Waals surface area contributed by atoms with Crippen molar-refractivity contribution in [3.8, 4) is 16.6 Å². The highest BCUT2D eigenvalue weighted by molar-refractivity contribution is 9.10. The molecule has 2 rings (SSSR count). The van der Waals surface area contributed by atoms with Gasteiger partial charge in [-0.25, -0.2) is 4.98 Å². The molecule has 0 amide bonds. The van der Waals surface area contributed by atoms with Gasteiger partial charge in [0.25, 0.3) is 0 Å². The summed E-state index contributed by atoms with van der Waals surface area (Å²) in [7, 11) is 0. The molecule has 0 spiro atoms. The molecule has 0 aliphatic carbocycles. The van der Waals surface area contributed by atoms with Gasteiger partial charge in [0, 0.05) is 9.85 Å². The lowest BCUT2D eigenvalue weighted by molar-refractivity contribution is 1.41. The van der Waals surface area contributed by atoms with E-state index in [-0.39, 0.29) is 0 Å². The van der Waals surface area contributed by atoms with Crippen molar-refractivity contribution in [1.29, 1.82) is 5.26 Å². The van der Waals surface area contributed by atoms with Gasteiger partial charge in [-0.05, 0) is 22.0 Å². The lowest BCUT2D eigenvalue weighted by atomic mass is 10.3. The zero-order chi connectivity index (χ0) is 9.26. The molecule has 0 atom stereocenters. The molecule has 0 unspecified atom stereocenters. The minimum Gasteiger partial charge on any atom is -0.242 e. The molecule has 2 aromatic rings. The van der Waals surface area contributed by atoms with Gasteiger partial charge in [0.05, 0.1) is 10.4 Å². The molecule has 0 aliphatic heterocycles. The summed E-state index contributed by atoms with van der Waals surface area (Å²) in [6.07, 6.45) is 0. The van der Waals surface area contributed by atoms with Crippen LogP contribution >= 0.6 is 38.6 Å². The van der Waals surface area contributed by atoms with Gasteiger partial charge in [-0.1, -0.05) is 0 Å². The highest BCUT2D eigenvalue weighted by Crippen LogP contribution is 2.32. The maximum absolute atomic E-state index is 8.79. The van der Waals surface area contributed by atoms with E-state index in [1.807, 2.05) is 11.4 Å². The van der Waals surface area contributed by atoms with Crippen LogP contribution in [-0.2, 0) is 0 Å². The van der Waals surface area contributed by atoms with Crippen molar-refractivity contribution in [3.05, 3.63) is 26.3 Å². The maximum Gasteiger partial charge on any atom is 0.133 e. The van der Waals surface area contributed by atoms with Crippen molar-refractivity contribution >= 4 is 38.6 Å². The maximum atomic E-state index is 8.79.